The average molecular weight is 416 g/mol. The third kappa shape index (κ3) is 4.40. The third-order valence-electron chi connectivity index (χ3n) is 5.74. The topological polar surface area (TPSA) is 60.9 Å². The number of piperazine rings is 1. The maximum atomic E-state index is 12.9. The highest BCUT2D eigenvalue weighted by Crippen LogP contribution is 2.24. The molecule has 1 aliphatic heterocycles. The highest BCUT2D eigenvalue weighted by atomic mass is 32.2. The molecule has 1 fully saturated rings. The summed E-state index contributed by atoms with van der Waals surface area (Å²) in [6, 6.07) is 13.1. The molecule has 0 bridgehead atoms. The van der Waals surface area contributed by atoms with Crippen LogP contribution in [0.1, 0.15) is 28.4 Å². The van der Waals surface area contributed by atoms with Gasteiger partial charge in [0, 0.05) is 44.5 Å². The number of anilines is 2. The molecule has 0 unspecified atom stereocenters. The van der Waals surface area contributed by atoms with E-state index in [1.54, 1.807) is 31.2 Å². The van der Waals surface area contributed by atoms with Gasteiger partial charge in [-0.05, 0) is 62.2 Å². The van der Waals surface area contributed by atoms with Crippen molar-refractivity contribution in [3.8, 4) is 0 Å². The number of rotatable bonds is 5. The van der Waals surface area contributed by atoms with E-state index in [0.29, 0.717) is 24.3 Å². The van der Waals surface area contributed by atoms with E-state index in [9.17, 15) is 13.2 Å². The quantitative estimate of drug-likeness (QED) is 0.753. The zero-order chi connectivity index (χ0) is 21.2. The van der Waals surface area contributed by atoms with E-state index >= 15 is 0 Å². The van der Waals surface area contributed by atoms with Gasteiger partial charge in [0.1, 0.15) is 0 Å². The summed E-state index contributed by atoms with van der Waals surface area (Å²) < 4.78 is 25.3. The molecule has 7 heteroatoms. The van der Waals surface area contributed by atoms with Gasteiger partial charge in [0.2, 0.25) is 10.0 Å². The molecule has 1 heterocycles. The Morgan fingerprint density at radius 1 is 1.00 bits per heavy atom. The molecule has 0 atom stereocenters. The molecule has 0 spiro atoms. The van der Waals surface area contributed by atoms with Crippen LogP contribution in [0, 0.1) is 13.8 Å². The van der Waals surface area contributed by atoms with Crippen LogP contribution in [0.2, 0.25) is 0 Å². The van der Waals surface area contributed by atoms with Gasteiger partial charge in [-0.25, -0.2) is 8.42 Å². The van der Waals surface area contributed by atoms with E-state index in [0.717, 1.165) is 13.1 Å². The number of carbonyl (C=O) groups excluding carboxylic acids is 1. The normalized spacial score (nSPS) is 14.8. The molecule has 0 saturated carbocycles. The molecule has 156 valence electrons. The lowest BCUT2D eigenvalue weighted by atomic mass is 10.1. The minimum Gasteiger partial charge on any atom is -0.368 e. The van der Waals surface area contributed by atoms with Gasteiger partial charge in [-0.15, -0.1) is 0 Å². The number of hydrogen-bond donors (Lipinski definition) is 0. The van der Waals surface area contributed by atoms with Crippen molar-refractivity contribution in [3.05, 3.63) is 59.2 Å². The Morgan fingerprint density at radius 3 is 2.21 bits per heavy atom. The third-order valence-corrected chi connectivity index (χ3v) is 7.52. The van der Waals surface area contributed by atoms with Crippen LogP contribution in [0.15, 0.2) is 42.5 Å². The highest BCUT2D eigenvalue weighted by molar-refractivity contribution is 7.92. The van der Waals surface area contributed by atoms with Crippen molar-refractivity contribution < 1.29 is 13.2 Å². The van der Waals surface area contributed by atoms with E-state index in [4.69, 9.17) is 0 Å². The largest absolute Gasteiger partial charge is 0.368 e. The first-order valence-electron chi connectivity index (χ1n) is 9.91. The van der Waals surface area contributed by atoms with Gasteiger partial charge < -0.3 is 9.80 Å². The van der Waals surface area contributed by atoms with E-state index in [-0.39, 0.29) is 11.7 Å². The Morgan fingerprint density at radius 2 is 1.62 bits per heavy atom. The van der Waals surface area contributed by atoms with Crippen LogP contribution < -0.4 is 9.21 Å². The second-order valence-corrected chi connectivity index (χ2v) is 9.70. The van der Waals surface area contributed by atoms with Crippen LogP contribution in [0.25, 0.3) is 0 Å². The minimum atomic E-state index is -3.31. The lowest BCUT2D eigenvalue weighted by Crippen LogP contribution is -2.49. The first-order chi connectivity index (χ1) is 13.7. The van der Waals surface area contributed by atoms with Crippen molar-refractivity contribution in [2.24, 2.45) is 0 Å². The molecule has 2 aromatic carbocycles. The lowest BCUT2D eigenvalue weighted by molar-refractivity contribution is 0.0747. The summed E-state index contributed by atoms with van der Waals surface area (Å²) >= 11 is 0. The zero-order valence-corrected chi connectivity index (χ0v) is 18.4. The molecule has 0 radical (unpaired) electrons. The second kappa shape index (κ2) is 8.45. The molecule has 3 rings (SSSR count). The van der Waals surface area contributed by atoms with E-state index in [2.05, 4.69) is 36.9 Å². The van der Waals surface area contributed by atoms with Gasteiger partial charge in [-0.2, -0.15) is 0 Å². The molecular weight excluding hydrogens is 386 g/mol. The van der Waals surface area contributed by atoms with Crippen molar-refractivity contribution in [2.75, 3.05) is 48.2 Å². The Kier molecular flexibility index (Phi) is 6.17. The number of sulfonamides is 1. The first-order valence-corrected chi connectivity index (χ1v) is 11.5. The summed E-state index contributed by atoms with van der Waals surface area (Å²) in [6.07, 6.45) is 0. The van der Waals surface area contributed by atoms with Crippen molar-refractivity contribution in [3.63, 3.8) is 0 Å². The summed E-state index contributed by atoms with van der Waals surface area (Å²) in [7, 11) is -1.78. The number of carbonyl (C=O) groups is 1. The smallest absolute Gasteiger partial charge is 0.253 e. The van der Waals surface area contributed by atoms with Gasteiger partial charge >= 0.3 is 0 Å². The predicted octanol–water partition coefficient (Wildman–Crippen LogP) is 3.05. The average Bonchev–Trinajstić information content (AvgIpc) is 2.75. The fraction of sp³-hybridized carbons (Fsp3) is 0.409. The monoisotopic (exact) mass is 415 g/mol. The number of benzene rings is 2. The van der Waals surface area contributed by atoms with Crippen molar-refractivity contribution in [2.45, 2.75) is 20.8 Å². The molecule has 0 N–H and O–H groups in total. The summed E-state index contributed by atoms with van der Waals surface area (Å²) in [6.45, 7) is 8.79. The van der Waals surface area contributed by atoms with Gasteiger partial charge in [0.05, 0.1) is 11.4 Å². The summed E-state index contributed by atoms with van der Waals surface area (Å²) in [4.78, 5) is 17.1. The standard InChI is InChI=1S/C22H29N3O3S/c1-5-29(27,28)23(4)20-11-9-19(10-12-20)22(26)25-15-13-24(14-16-25)21-8-6-7-17(2)18(21)3/h6-12H,5,13-16H2,1-4H3. The first kappa shape index (κ1) is 21.2. The summed E-state index contributed by atoms with van der Waals surface area (Å²) in [5.41, 5.74) is 4.94. The number of nitrogens with zero attached hydrogens (tertiary/aromatic N) is 3. The Hall–Kier alpha value is -2.54. The van der Waals surface area contributed by atoms with E-state index < -0.39 is 10.0 Å². The Balaban J connectivity index is 1.66. The molecule has 1 amide bonds. The van der Waals surface area contributed by atoms with Gasteiger partial charge in [0.25, 0.3) is 5.91 Å². The zero-order valence-electron chi connectivity index (χ0n) is 17.6. The van der Waals surface area contributed by atoms with Crippen molar-refractivity contribution in [1.29, 1.82) is 0 Å². The second-order valence-electron chi connectivity index (χ2n) is 7.41. The lowest BCUT2D eigenvalue weighted by Gasteiger charge is -2.37. The molecule has 1 aliphatic rings. The molecule has 29 heavy (non-hydrogen) atoms. The molecular formula is C22H29N3O3S. The van der Waals surface area contributed by atoms with E-state index in [1.807, 2.05) is 4.90 Å². The minimum absolute atomic E-state index is 0.0156. The Bertz CT molecular complexity index is 979. The van der Waals surface area contributed by atoms with Gasteiger partial charge in [-0.3, -0.25) is 9.10 Å². The van der Waals surface area contributed by atoms with Crippen molar-refractivity contribution in [1.82, 2.24) is 4.90 Å². The van der Waals surface area contributed by atoms with Crippen molar-refractivity contribution >= 4 is 27.3 Å². The van der Waals surface area contributed by atoms with Crippen LogP contribution >= 0.6 is 0 Å². The maximum Gasteiger partial charge on any atom is 0.253 e. The molecule has 0 aliphatic carbocycles. The molecule has 1 saturated heterocycles. The van der Waals surface area contributed by atoms with Crippen LogP contribution in [-0.4, -0.2) is 58.2 Å². The summed E-state index contributed by atoms with van der Waals surface area (Å²) in [5, 5.41) is 0. The fourth-order valence-electron chi connectivity index (χ4n) is 3.58. The fourth-order valence-corrected chi connectivity index (χ4v) is 4.41. The van der Waals surface area contributed by atoms with Gasteiger partial charge in [0.15, 0.2) is 0 Å². The molecule has 6 nitrogen and oxygen atoms in total. The van der Waals surface area contributed by atoms with Gasteiger partial charge in [-0.1, -0.05) is 12.1 Å². The van der Waals surface area contributed by atoms with Crippen LogP contribution in [0.4, 0.5) is 11.4 Å². The number of hydrogen-bond acceptors (Lipinski definition) is 4. The van der Waals surface area contributed by atoms with E-state index in [1.165, 1.54) is 28.2 Å². The Labute approximate surface area is 173 Å². The maximum absolute atomic E-state index is 12.9. The molecule has 0 aromatic heterocycles. The number of amides is 1. The van der Waals surface area contributed by atoms with Crippen LogP contribution in [0.5, 0.6) is 0 Å². The predicted molar refractivity (Wildman–Crippen MR) is 118 cm³/mol. The SMILES string of the molecule is CCS(=O)(=O)N(C)c1ccc(C(=O)N2CCN(c3cccc(C)c3C)CC2)cc1. The van der Waals surface area contributed by atoms with Crippen LogP contribution in [-0.2, 0) is 10.0 Å². The molecule has 2 aromatic rings. The van der Waals surface area contributed by atoms with Crippen LogP contribution in [0.3, 0.4) is 0 Å². The summed E-state index contributed by atoms with van der Waals surface area (Å²) in [5.74, 6) is 0.0210. The number of aryl methyl sites for hydroxylation is 1. The highest BCUT2D eigenvalue weighted by Gasteiger charge is 2.24.